The van der Waals surface area contributed by atoms with Gasteiger partial charge in [-0.2, -0.15) is 0 Å². The number of rotatable bonds is 5. The van der Waals surface area contributed by atoms with Gasteiger partial charge in [-0.3, -0.25) is 14.9 Å². The highest BCUT2D eigenvalue weighted by atomic mass is 35.5. The van der Waals surface area contributed by atoms with Crippen LogP contribution in [0, 0.1) is 10.1 Å². The second-order valence-electron chi connectivity index (χ2n) is 6.04. The third-order valence-electron chi connectivity index (χ3n) is 4.67. The number of non-ortho nitro benzene ring substituents is 1. The number of halogens is 1. The van der Waals surface area contributed by atoms with Crippen molar-refractivity contribution in [2.45, 2.75) is 31.1 Å². The van der Waals surface area contributed by atoms with Crippen LogP contribution in [0.4, 0.5) is 5.69 Å². The highest BCUT2D eigenvalue weighted by Crippen LogP contribution is 2.47. The summed E-state index contributed by atoms with van der Waals surface area (Å²) in [6.07, 6.45) is 3.37. The largest absolute Gasteiger partial charge is 0.294 e. The van der Waals surface area contributed by atoms with E-state index in [0.717, 1.165) is 24.8 Å². The molecule has 0 N–H and O–H groups in total. The minimum absolute atomic E-state index is 0.0762. The number of nitro benzene ring substituents is 1. The van der Waals surface area contributed by atoms with Crippen LogP contribution >= 0.6 is 11.6 Å². The fraction of sp³-hybridized carbons (Fsp3) is 0.278. The summed E-state index contributed by atoms with van der Waals surface area (Å²) in [6, 6.07) is 13.5. The van der Waals surface area contributed by atoms with Gasteiger partial charge in [0.25, 0.3) is 5.69 Å². The molecule has 0 atom stereocenters. The van der Waals surface area contributed by atoms with E-state index in [2.05, 4.69) is 0 Å². The van der Waals surface area contributed by atoms with Gasteiger partial charge in [0.05, 0.1) is 4.92 Å². The standard InChI is InChI=1S/C18H16ClNO3/c19-15-6-2-13(3-7-15)17(21)12-18(10-1-11-18)14-4-8-16(9-5-14)20(22)23/h2-9H,1,10-12H2. The number of hydrogen-bond acceptors (Lipinski definition) is 3. The summed E-state index contributed by atoms with van der Waals surface area (Å²) in [4.78, 5) is 22.9. The molecule has 0 amide bonds. The maximum Gasteiger partial charge on any atom is 0.269 e. The molecule has 1 fully saturated rings. The van der Waals surface area contributed by atoms with Gasteiger partial charge < -0.3 is 0 Å². The Balaban J connectivity index is 1.82. The molecule has 2 aromatic rings. The van der Waals surface area contributed by atoms with Crippen LogP contribution in [-0.2, 0) is 5.41 Å². The molecule has 3 rings (SSSR count). The second-order valence-corrected chi connectivity index (χ2v) is 6.48. The van der Waals surface area contributed by atoms with Crippen molar-refractivity contribution < 1.29 is 9.72 Å². The molecule has 0 radical (unpaired) electrons. The summed E-state index contributed by atoms with van der Waals surface area (Å²) in [5.41, 5.74) is 1.55. The molecule has 0 bridgehead atoms. The van der Waals surface area contributed by atoms with Crippen LogP contribution in [0.1, 0.15) is 41.6 Å². The van der Waals surface area contributed by atoms with E-state index in [1.54, 1.807) is 36.4 Å². The second kappa shape index (κ2) is 6.13. The zero-order valence-corrected chi connectivity index (χ0v) is 13.3. The van der Waals surface area contributed by atoms with Crippen molar-refractivity contribution in [3.8, 4) is 0 Å². The number of nitro groups is 1. The number of carbonyl (C=O) groups excluding carboxylic acids is 1. The first kappa shape index (κ1) is 15.7. The molecule has 0 aromatic heterocycles. The van der Waals surface area contributed by atoms with Gasteiger partial charge in [0, 0.05) is 34.6 Å². The molecule has 0 spiro atoms. The van der Waals surface area contributed by atoms with Gasteiger partial charge in [-0.05, 0) is 42.7 Å². The fourth-order valence-corrected chi connectivity index (χ4v) is 3.28. The van der Waals surface area contributed by atoms with E-state index in [9.17, 15) is 14.9 Å². The topological polar surface area (TPSA) is 60.2 Å². The summed E-state index contributed by atoms with van der Waals surface area (Å²) in [5, 5.41) is 11.4. The summed E-state index contributed by atoms with van der Waals surface area (Å²) < 4.78 is 0. The molecule has 118 valence electrons. The molecule has 0 heterocycles. The van der Waals surface area contributed by atoms with Crippen LogP contribution in [0.15, 0.2) is 48.5 Å². The predicted molar refractivity (Wildman–Crippen MR) is 89.0 cm³/mol. The lowest BCUT2D eigenvalue weighted by molar-refractivity contribution is -0.384. The Kier molecular flexibility index (Phi) is 4.18. The molecule has 0 saturated heterocycles. The molecule has 2 aromatic carbocycles. The number of carbonyl (C=O) groups is 1. The number of nitrogens with zero attached hydrogens (tertiary/aromatic N) is 1. The summed E-state index contributed by atoms with van der Waals surface area (Å²) in [5.74, 6) is 0.0831. The van der Waals surface area contributed by atoms with E-state index < -0.39 is 4.92 Å². The van der Waals surface area contributed by atoms with Crippen molar-refractivity contribution in [2.24, 2.45) is 0 Å². The van der Waals surface area contributed by atoms with Gasteiger partial charge in [0.1, 0.15) is 0 Å². The first-order valence-electron chi connectivity index (χ1n) is 7.54. The quantitative estimate of drug-likeness (QED) is 0.443. The van der Waals surface area contributed by atoms with Crippen molar-refractivity contribution in [2.75, 3.05) is 0 Å². The van der Waals surface area contributed by atoms with E-state index >= 15 is 0 Å². The number of benzene rings is 2. The minimum Gasteiger partial charge on any atom is -0.294 e. The van der Waals surface area contributed by atoms with Crippen molar-refractivity contribution in [3.05, 3.63) is 74.8 Å². The summed E-state index contributed by atoms with van der Waals surface area (Å²) in [7, 11) is 0. The average molecular weight is 330 g/mol. The Morgan fingerprint density at radius 2 is 1.70 bits per heavy atom. The molecule has 0 unspecified atom stereocenters. The highest BCUT2D eigenvalue weighted by molar-refractivity contribution is 6.30. The molecule has 0 aliphatic heterocycles. The Hall–Kier alpha value is -2.20. The highest BCUT2D eigenvalue weighted by Gasteiger charge is 2.40. The normalized spacial score (nSPS) is 15.7. The van der Waals surface area contributed by atoms with E-state index in [1.807, 2.05) is 0 Å². The predicted octanol–water partition coefficient (Wildman–Crippen LogP) is 4.94. The monoisotopic (exact) mass is 329 g/mol. The van der Waals surface area contributed by atoms with Crippen LogP contribution in [0.25, 0.3) is 0 Å². The Labute approximate surface area is 139 Å². The maximum atomic E-state index is 12.6. The van der Waals surface area contributed by atoms with Crippen LogP contribution < -0.4 is 0 Å². The molecule has 4 nitrogen and oxygen atoms in total. The van der Waals surface area contributed by atoms with E-state index in [0.29, 0.717) is 17.0 Å². The van der Waals surface area contributed by atoms with E-state index in [1.165, 1.54) is 12.1 Å². The van der Waals surface area contributed by atoms with Crippen LogP contribution in [0.5, 0.6) is 0 Å². The van der Waals surface area contributed by atoms with E-state index in [-0.39, 0.29) is 16.9 Å². The molecule has 1 aliphatic rings. The molecular weight excluding hydrogens is 314 g/mol. The van der Waals surface area contributed by atoms with E-state index in [4.69, 9.17) is 11.6 Å². The first-order valence-corrected chi connectivity index (χ1v) is 7.92. The first-order chi connectivity index (χ1) is 11.0. The zero-order chi connectivity index (χ0) is 16.4. The number of ketones is 1. The molecule has 1 aliphatic carbocycles. The maximum absolute atomic E-state index is 12.6. The van der Waals surface area contributed by atoms with Crippen LogP contribution in [0.2, 0.25) is 5.02 Å². The Morgan fingerprint density at radius 3 is 2.17 bits per heavy atom. The summed E-state index contributed by atoms with van der Waals surface area (Å²) >= 11 is 5.86. The third kappa shape index (κ3) is 3.13. The number of hydrogen-bond donors (Lipinski definition) is 0. The van der Waals surface area contributed by atoms with Gasteiger partial charge >= 0.3 is 0 Å². The minimum atomic E-state index is -0.407. The lowest BCUT2D eigenvalue weighted by Crippen LogP contribution is -2.36. The van der Waals surface area contributed by atoms with Gasteiger partial charge in [-0.25, -0.2) is 0 Å². The van der Waals surface area contributed by atoms with Crippen molar-refractivity contribution in [3.63, 3.8) is 0 Å². The van der Waals surface area contributed by atoms with Crippen LogP contribution in [0.3, 0.4) is 0 Å². The smallest absolute Gasteiger partial charge is 0.269 e. The van der Waals surface area contributed by atoms with Gasteiger partial charge in [0.15, 0.2) is 5.78 Å². The molecular formula is C18H16ClNO3. The average Bonchev–Trinajstić information content (AvgIpc) is 2.51. The Bertz CT molecular complexity index is 734. The summed E-state index contributed by atoms with van der Waals surface area (Å²) in [6.45, 7) is 0. The van der Waals surface area contributed by atoms with Crippen molar-refractivity contribution in [1.29, 1.82) is 0 Å². The van der Waals surface area contributed by atoms with Crippen molar-refractivity contribution in [1.82, 2.24) is 0 Å². The number of Topliss-reactive ketones (excluding diaryl/α,β-unsaturated/α-hetero) is 1. The lowest BCUT2D eigenvalue weighted by atomic mass is 9.61. The third-order valence-corrected chi connectivity index (χ3v) is 4.92. The van der Waals surface area contributed by atoms with Gasteiger partial charge in [-0.1, -0.05) is 30.2 Å². The fourth-order valence-electron chi connectivity index (χ4n) is 3.15. The van der Waals surface area contributed by atoms with Gasteiger partial charge in [0.2, 0.25) is 0 Å². The lowest BCUT2D eigenvalue weighted by Gasteiger charge is -2.42. The van der Waals surface area contributed by atoms with Crippen LogP contribution in [-0.4, -0.2) is 10.7 Å². The van der Waals surface area contributed by atoms with Crippen molar-refractivity contribution >= 4 is 23.1 Å². The Morgan fingerprint density at radius 1 is 1.09 bits per heavy atom. The SMILES string of the molecule is O=C(CC1(c2ccc([N+](=O)[O-])cc2)CCC1)c1ccc(Cl)cc1. The zero-order valence-electron chi connectivity index (χ0n) is 12.5. The molecule has 23 heavy (non-hydrogen) atoms. The van der Waals surface area contributed by atoms with Gasteiger partial charge in [-0.15, -0.1) is 0 Å². The molecule has 1 saturated carbocycles. The molecule has 5 heteroatoms.